The van der Waals surface area contributed by atoms with Gasteiger partial charge in [0.1, 0.15) is 6.54 Å². The normalized spacial score (nSPS) is 13.9. The highest BCUT2D eigenvalue weighted by Crippen LogP contribution is 2.29. The van der Waals surface area contributed by atoms with Crippen molar-refractivity contribution >= 4 is 16.9 Å². The lowest BCUT2D eigenvalue weighted by Gasteiger charge is -2.31. The van der Waals surface area contributed by atoms with Gasteiger partial charge in [0.25, 0.3) is 0 Å². The van der Waals surface area contributed by atoms with Crippen molar-refractivity contribution in [3.8, 4) is 11.1 Å². The Labute approximate surface area is 147 Å². The van der Waals surface area contributed by atoms with Gasteiger partial charge in [0, 0.05) is 36.6 Å². The number of hydrogen-bond donors (Lipinski definition) is 0. The van der Waals surface area contributed by atoms with Gasteiger partial charge in [0.15, 0.2) is 17.5 Å². The maximum absolute atomic E-state index is 14.1. The number of hydrogen-bond acceptors (Lipinski definition) is 2. The highest BCUT2D eigenvalue weighted by atomic mass is 19.2. The molecule has 3 aromatic rings. The lowest BCUT2D eigenvalue weighted by atomic mass is 10.1. The molecule has 0 atom stereocenters. The highest BCUT2D eigenvalue weighted by Gasteiger charge is 2.22. The van der Waals surface area contributed by atoms with Gasteiger partial charge in [0.05, 0.1) is 11.0 Å². The summed E-state index contributed by atoms with van der Waals surface area (Å²) in [5.41, 5.74) is 2.47. The van der Waals surface area contributed by atoms with Crippen molar-refractivity contribution in [2.75, 3.05) is 13.1 Å². The van der Waals surface area contributed by atoms with E-state index in [9.17, 15) is 18.0 Å². The average molecular weight is 359 g/mol. The molecule has 0 N–H and O–H groups in total. The standard InChI is InChI=1S/C19H16F3N3O/c1-11-9-25(10-16(26)24-5-2-6-24)15-7-12(8-23-19(11)15)13-3-4-14(20)18(22)17(13)21/h3-4,7-9H,2,5-6,10H2,1H3. The maximum Gasteiger partial charge on any atom is 0.242 e. The number of fused-ring (bicyclic) bond motifs is 1. The number of likely N-dealkylation sites (tertiary alicyclic amines) is 1. The number of carbonyl (C=O) groups is 1. The number of pyridine rings is 1. The molecule has 4 rings (SSSR count). The molecule has 4 nitrogen and oxygen atoms in total. The van der Waals surface area contributed by atoms with Crippen LogP contribution in [0.2, 0.25) is 0 Å². The summed E-state index contributed by atoms with van der Waals surface area (Å²) < 4.78 is 42.6. The summed E-state index contributed by atoms with van der Waals surface area (Å²) in [5, 5.41) is 0. The van der Waals surface area contributed by atoms with Crippen molar-refractivity contribution in [2.24, 2.45) is 0 Å². The van der Waals surface area contributed by atoms with E-state index in [1.165, 1.54) is 12.3 Å². The molecule has 0 unspecified atom stereocenters. The number of aryl methyl sites for hydroxylation is 1. The summed E-state index contributed by atoms with van der Waals surface area (Å²) in [6.07, 6.45) is 4.26. The molecule has 1 amide bonds. The average Bonchev–Trinajstić information content (AvgIpc) is 2.86. The number of nitrogens with zero attached hydrogens (tertiary/aromatic N) is 3. The van der Waals surface area contributed by atoms with Gasteiger partial charge in [-0.15, -0.1) is 0 Å². The second-order valence-electron chi connectivity index (χ2n) is 6.49. The first-order valence-electron chi connectivity index (χ1n) is 8.33. The summed E-state index contributed by atoms with van der Waals surface area (Å²) >= 11 is 0. The van der Waals surface area contributed by atoms with Crippen molar-refractivity contribution in [3.63, 3.8) is 0 Å². The number of carbonyl (C=O) groups excluding carboxylic acids is 1. The molecule has 3 heterocycles. The van der Waals surface area contributed by atoms with Crippen LogP contribution in [-0.4, -0.2) is 33.4 Å². The van der Waals surface area contributed by atoms with E-state index in [2.05, 4.69) is 4.98 Å². The van der Waals surface area contributed by atoms with Crippen LogP contribution in [0.1, 0.15) is 12.0 Å². The molecule has 0 saturated carbocycles. The van der Waals surface area contributed by atoms with Crippen LogP contribution in [0.4, 0.5) is 13.2 Å². The maximum atomic E-state index is 14.1. The van der Waals surface area contributed by atoms with Crippen LogP contribution in [0.15, 0.2) is 30.6 Å². The van der Waals surface area contributed by atoms with Gasteiger partial charge in [0.2, 0.25) is 5.91 Å². The molecular weight excluding hydrogens is 343 g/mol. The fraction of sp³-hybridized carbons (Fsp3) is 0.263. The molecule has 0 spiro atoms. The van der Waals surface area contributed by atoms with Crippen molar-refractivity contribution in [1.29, 1.82) is 0 Å². The van der Waals surface area contributed by atoms with Gasteiger partial charge in [-0.2, -0.15) is 0 Å². The minimum Gasteiger partial charge on any atom is -0.341 e. The Hall–Kier alpha value is -2.83. The minimum atomic E-state index is -1.51. The van der Waals surface area contributed by atoms with Gasteiger partial charge < -0.3 is 9.47 Å². The first-order chi connectivity index (χ1) is 12.5. The largest absolute Gasteiger partial charge is 0.341 e. The summed E-state index contributed by atoms with van der Waals surface area (Å²) in [4.78, 5) is 18.4. The van der Waals surface area contributed by atoms with Crippen LogP contribution < -0.4 is 0 Å². The van der Waals surface area contributed by atoms with Crippen molar-refractivity contribution in [3.05, 3.63) is 53.6 Å². The zero-order chi connectivity index (χ0) is 18.4. The van der Waals surface area contributed by atoms with E-state index < -0.39 is 17.5 Å². The Kier molecular flexibility index (Phi) is 3.94. The number of aromatic nitrogens is 2. The van der Waals surface area contributed by atoms with Gasteiger partial charge >= 0.3 is 0 Å². The lowest BCUT2D eigenvalue weighted by Crippen LogP contribution is -2.43. The fourth-order valence-corrected chi connectivity index (χ4v) is 3.18. The fourth-order valence-electron chi connectivity index (χ4n) is 3.18. The topological polar surface area (TPSA) is 38.1 Å². The lowest BCUT2D eigenvalue weighted by molar-refractivity contribution is -0.135. The number of benzene rings is 1. The van der Waals surface area contributed by atoms with Crippen LogP contribution in [0.3, 0.4) is 0 Å². The van der Waals surface area contributed by atoms with E-state index in [1.54, 1.807) is 15.5 Å². The van der Waals surface area contributed by atoms with Gasteiger partial charge in [-0.1, -0.05) is 0 Å². The predicted octanol–water partition coefficient (Wildman–Crippen LogP) is 3.66. The van der Waals surface area contributed by atoms with Crippen molar-refractivity contribution < 1.29 is 18.0 Å². The van der Waals surface area contributed by atoms with Gasteiger partial charge in [-0.3, -0.25) is 9.78 Å². The molecular formula is C19H16F3N3O. The van der Waals surface area contributed by atoms with Crippen LogP contribution in [-0.2, 0) is 11.3 Å². The molecule has 26 heavy (non-hydrogen) atoms. The molecule has 7 heteroatoms. The molecule has 0 aliphatic carbocycles. The molecule has 0 bridgehead atoms. The van der Waals surface area contributed by atoms with Crippen molar-refractivity contribution in [1.82, 2.24) is 14.5 Å². The highest BCUT2D eigenvalue weighted by molar-refractivity contribution is 5.86. The Bertz CT molecular complexity index is 1020. The number of amides is 1. The smallest absolute Gasteiger partial charge is 0.242 e. The monoisotopic (exact) mass is 359 g/mol. The molecule has 1 saturated heterocycles. The van der Waals surface area contributed by atoms with E-state index in [0.717, 1.165) is 31.1 Å². The SMILES string of the molecule is Cc1cn(CC(=O)N2CCC2)c2cc(-c3ccc(F)c(F)c3F)cnc12. The summed E-state index contributed by atoms with van der Waals surface area (Å²) in [6, 6.07) is 3.71. The summed E-state index contributed by atoms with van der Waals surface area (Å²) in [5.74, 6) is -3.99. The molecule has 1 fully saturated rings. The molecule has 1 aliphatic rings. The first kappa shape index (κ1) is 16.6. The van der Waals surface area contributed by atoms with E-state index in [1.807, 2.05) is 13.1 Å². The van der Waals surface area contributed by atoms with Gasteiger partial charge in [-0.05, 0) is 37.1 Å². The Morgan fingerprint density at radius 1 is 1.19 bits per heavy atom. The second-order valence-corrected chi connectivity index (χ2v) is 6.49. The van der Waals surface area contributed by atoms with Gasteiger partial charge in [-0.25, -0.2) is 13.2 Å². The Morgan fingerprint density at radius 2 is 1.96 bits per heavy atom. The van der Waals surface area contributed by atoms with E-state index in [0.29, 0.717) is 16.6 Å². The van der Waals surface area contributed by atoms with E-state index in [-0.39, 0.29) is 18.0 Å². The number of halogens is 3. The number of rotatable bonds is 3. The van der Waals surface area contributed by atoms with Crippen LogP contribution >= 0.6 is 0 Å². The zero-order valence-corrected chi connectivity index (χ0v) is 14.1. The Morgan fingerprint density at radius 3 is 2.65 bits per heavy atom. The molecule has 1 aromatic carbocycles. The molecule has 1 aliphatic heterocycles. The molecule has 134 valence electrons. The second kappa shape index (κ2) is 6.16. The minimum absolute atomic E-state index is 0.0116. The first-order valence-corrected chi connectivity index (χ1v) is 8.33. The zero-order valence-electron chi connectivity index (χ0n) is 14.1. The third kappa shape index (κ3) is 2.64. The van der Waals surface area contributed by atoms with Crippen LogP contribution in [0, 0.1) is 24.4 Å². The van der Waals surface area contributed by atoms with Crippen LogP contribution in [0.25, 0.3) is 22.2 Å². The molecule has 0 radical (unpaired) electrons. The quantitative estimate of drug-likeness (QED) is 0.670. The summed E-state index contributed by atoms with van der Waals surface area (Å²) in [7, 11) is 0. The van der Waals surface area contributed by atoms with E-state index >= 15 is 0 Å². The summed E-state index contributed by atoms with van der Waals surface area (Å²) in [6.45, 7) is 3.56. The third-order valence-electron chi connectivity index (χ3n) is 4.76. The molecule has 2 aromatic heterocycles. The predicted molar refractivity (Wildman–Crippen MR) is 91.0 cm³/mol. The third-order valence-corrected chi connectivity index (χ3v) is 4.76. The van der Waals surface area contributed by atoms with E-state index in [4.69, 9.17) is 0 Å². The Balaban J connectivity index is 1.78. The van der Waals surface area contributed by atoms with Crippen molar-refractivity contribution in [2.45, 2.75) is 19.9 Å². The van der Waals surface area contributed by atoms with Crippen LogP contribution in [0.5, 0.6) is 0 Å².